The predicted molar refractivity (Wildman–Crippen MR) is 135 cm³/mol. The highest BCUT2D eigenvalue weighted by Gasteiger charge is 2.86. The van der Waals surface area contributed by atoms with E-state index in [9.17, 15) is 9.59 Å². The Balaban J connectivity index is 1.90. The molecule has 3 fully saturated rings. The van der Waals surface area contributed by atoms with Gasteiger partial charge in [-0.15, -0.1) is 0 Å². The first-order valence-electron chi connectivity index (χ1n) is 12.6. The van der Waals surface area contributed by atoms with E-state index >= 15 is 0 Å². The zero-order valence-corrected chi connectivity index (χ0v) is 24.9. The molecule has 35 heavy (non-hydrogen) atoms. The van der Waals surface area contributed by atoms with Crippen LogP contribution in [0.5, 0.6) is 0 Å². The molecule has 0 unspecified atom stereocenters. The van der Waals surface area contributed by atoms with Crippen molar-refractivity contribution in [3.8, 4) is 0 Å². The first-order valence-corrected chi connectivity index (χ1v) is 19.4. The minimum Gasteiger partial charge on any atom is -0.459 e. The molecule has 4 aliphatic rings. The Bertz CT molecular complexity index is 917. The molecule has 2 aliphatic heterocycles. The minimum atomic E-state index is -2.05. The molecule has 1 saturated carbocycles. The van der Waals surface area contributed by atoms with Gasteiger partial charge in [-0.3, -0.25) is 9.59 Å². The number of esters is 2. The van der Waals surface area contributed by atoms with Crippen molar-refractivity contribution in [1.82, 2.24) is 0 Å². The van der Waals surface area contributed by atoms with Crippen LogP contribution in [0.1, 0.15) is 34.1 Å². The summed E-state index contributed by atoms with van der Waals surface area (Å²) in [6.07, 6.45) is 0.429. The third-order valence-corrected chi connectivity index (χ3v) is 10.1. The van der Waals surface area contributed by atoms with Gasteiger partial charge >= 0.3 is 11.9 Å². The molecule has 0 aromatic heterocycles. The van der Waals surface area contributed by atoms with E-state index in [0.717, 1.165) is 5.57 Å². The predicted octanol–water partition coefficient (Wildman–Crippen LogP) is 3.81. The van der Waals surface area contributed by atoms with Gasteiger partial charge in [-0.2, -0.15) is 0 Å². The molecule has 0 aromatic rings. The molecule has 0 amide bonds. The minimum absolute atomic E-state index is 0.316. The van der Waals surface area contributed by atoms with Crippen molar-refractivity contribution in [3.05, 3.63) is 11.6 Å². The summed E-state index contributed by atoms with van der Waals surface area (Å²) in [6, 6.07) is 0. The van der Waals surface area contributed by atoms with Crippen molar-refractivity contribution in [2.24, 2.45) is 10.8 Å². The fraction of sp³-hybridized carbons (Fsp3) is 0.840. The van der Waals surface area contributed by atoms with Crippen molar-refractivity contribution in [2.75, 3.05) is 13.2 Å². The average molecular weight is 527 g/mol. The summed E-state index contributed by atoms with van der Waals surface area (Å²) in [5.74, 6) is -0.692. The lowest BCUT2D eigenvalue weighted by molar-refractivity contribution is -0.235. The van der Waals surface area contributed by atoms with Crippen LogP contribution in [-0.4, -0.2) is 77.9 Å². The highest BCUT2D eigenvalue weighted by atomic mass is 28.4. The SMILES string of the molecule is CC(=O)O[C@H]1C[C@@]2(CO[Si](C)(C)C)[C@@H](C=C1C)O[C@@H]1[C@H](O[Si](C)(C)C)[C@@H](OC(C)=O)[C@@]2(C)[C@]12CO2. The van der Waals surface area contributed by atoms with E-state index in [1.807, 2.05) is 6.92 Å². The number of hydrogen-bond donors (Lipinski definition) is 0. The number of carbonyl (C=O) groups excluding carboxylic acids is 2. The third kappa shape index (κ3) is 4.37. The largest absolute Gasteiger partial charge is 0.459 e. The van der Waals surface area contributed by atoms with Crippen LogP contribution in [0.25, 0.3) is 0 Å². The van der Waals surface area contributed by atoms with Crippen LogP contribution in [0.4, 0.5) is 0 Å². The topological polar surface area (TPSA) is 92.8 Å². The molecule has 1 spiro atoms. The third-order valence-electron chi connectivity index (χ3n) is 8.16. The monoisotopic (exact) mass is 526 g/mol. The van der Waals surface area contributed by atoms with Gasteiger partial charge in [0.25, 0.3) is 0 Å². The first kappa shape index (κ1) is 27.0. The lowest BCUT2D eigenvalue weighted by Crippen LogP contribution is -2.68. The van der Waals surface area contributed by atoms with Crippen molar-refractivity contribution >= 4 is 28.6 Å². The quantitative estimate of drug-likeness (QED) is 0.214. The Morgan fingerprint density at radius 3 is 2.14 bits per heavy atom. The first-order chi connectivity index (χ1) is 16.0. The lowest BCUT2D eigenvalue weighted by Gasteiger charge is -2.59. The van der Waals surface area contributed by atoms with Gasteiger partial charge in [-0.05, 0) is 58.2 Å². The number of ether oxygens (including phenoxy) is 4. The van der Waals surface area contributed by atoms with Crippen LogP contribution in [0.2, 0.25) is 39.3 Å². The molecule has 2 bridgehead atoms. The Hall–Kier alpha value is -1.05. The van der Waals surface area contributed by atoms with Gasteiger partial charge in [0.05, 0.1) is 18.1 Å². The zero-order valence-electron chi connectivity index (χ0n) is 22.9. The standard InChI is InChI=1S/C25H42O8Si2/c1-15-11-19-24(13-29-34(5,6)7,12-18(15)30-16(2)26)23(4)21(31-17(3)27)20(33-35(8,9)10)22(32-19)25(23)14-28-25/h11,18-22H,12-14H2,1-10H3/t18-,19+,20+,21+,22+,23+,24+,25-/m0/s1. The van der Waals surface area contributed by atoms with E-state index in [1.54, 1.807) is 0 Å². The van der Waals surface area contributed by atoms with Crippen molar-refractivity contribution < 1.29 is 37.4 Å². The Labute approximate surface area is 211 Å². The number of carbonyl (C=O) groups is 2. The van der Waals surface area contributed by atoms with Gasteiger partial charge in [0.15, 0.2) is 16.6 Å². The number of epoxide rings is 1. The number of hydrogen-bond acceptors (Lipinski definition) is 8. The molecular formula is C25H42O8Si2. The Morgan fingerprint density at radius 1 is 1.06 bits per heavy atom. The molecule has 2 aliphatic carbocycles. The van der Waals surface area contributed by atoms with Crippen LogP contribution < -0.4 is 0 Å². The van der Waals surface area contributed by atoms with Crippen LogP contribution in [-0.2, 0) is 37.4 Å². The molecule has 10 heteroatoms. The molecule has 0 aromatic carbocycles. The molecule has 2 saturated heterocycles. The van der Waals surface area contributed by atoms with Gasteiger partial charge < -0.3 is 27.8 Å². The lowest BCUT2D eigenvalue weighted by atomic mass is 9.51. The summed E-state index contributed by atoms with van der Waals surface area (Å²) >= 11 is 0. The maximum Gasteiger partial charge on any atom is 0.303 e. The van der Waals surface area contributed by atoms with E-state index in [-0.39, 0.29) is 24.1 Å². The summed E-state index contributed by atoms with van der Waals surface area (Å²) in [7, 11) is -4.00. The smallest absolute Gasteiger partial charge is 0.303 e. The molecule has 0 radical (unpaired) electrons. The second kappa shape index (κ2) is 8.49. The molecule has 8 nitrogen and oxygen atoms in total. The fourth-order valence-corrected chi connectivity index (χ4v) is 8.29. The van der Waals surface area contributed by atoms with Gasteiger partial charge in [0.1, 0.15) is 30.0 Å². The van der Waals surface area contributed by atoms with Gasteiger partial charge in [-0.1, -0.05) is 13.0 Å². The highest BCUT2D eigenvalue weighted by Crippen LogP contribution is 2.72. The molecule has 198 valence electrons. The maximum atomic E-state index is 12.5. The zero-order chi connectivity index (χ0) is 26.2. The van der Waals surface area contributed by atoms with E-state index < -0.39 is 51.4 Å². The van der Waals surface area contributed by atoms with Crippen LogP contribution in [0.3, 0.4) is 0 Å². The molecule has 0 N–H and O–H groups in total. The second-order valence-corrected chi connectivity index (χ2v) is 21.8. The van der Waals surface area contributed by atoms with E-state index in [2.05, 4.69) is 52.3 Å². The van der Waals surface area contributed by atoms with Crippen molar-refractivity contribution in [2.45, 2.75) is 110 Å². The molecule has 8 atom stereocenters. The summed E-state index contributed by atoms with van der Waals surface area (Å²) in [4.78, 5) is 24.5. The van der Waals surface area contributed by atoms with Crippen LogP contribution in [0.15, 0.2) is 11.6 Å². The summed E-state index contributed by atoms with van der Waals surface area (Å²) in [6.45, 7) is 20.7. The maximum absolute atomic E-state index is 12.5. The second-order valence-electron chi connectivity index (χ2n) is 12.9. The normalized spacial score (nSPS) is 42.3. The molecule has 4 rings (SSSR count). The average Bonchev–Trinajstić information content (AvgIpc) is 3.46. The fourth-order valence-electron chi connectivity index (χ4n) is 6.54. The van der Waals surface area contributed by atoms with E-state index in [1.165, 1.54) is 13.8 Å². The number of rotatable bonds is 7. The van der Waals surface area contributed by atoms with Crippen molar-refractivity contribution in [1.29, 1.82) is 0 Å². The Morgan fingerprint density at radius 2 is 1.66 bits per heavy atom. The van der Waals surface area contributed by atoms with Gasteiger partial charge in [0.2, 0.25) is 0 Å². The van der Waals surface area contributed by atoms with E-state index in [4.69, 9.17) is 27.8 Å². The van der Waals surface area contributed by atoms with Crippen molar-refractivity contribution in [3.63, 3.8) is 0 Å². The summed E-state index contributed by atoms with van der Waals surface area (Å²) in [5, 5.41) is 0. The van der Waals surface area contributed by atoms with Gasteiger partial charge in [-0.25, -0.2) is 0 Å². The molecule has 2 heterocycles. The summed E-state index contributed by atoms with van der Waals surface area (Å²) < 4.78 is 38.4. The summed E-state index contributed by atoms with van der Waals surface area (Å²) in [5.41, 5.74) is -1.04. The van der Waals surface area contributed by atoms with Gasteiger partial charge in [0, 0.05) is 25.9 Å². The molecular weight excluding hydrogens is 484 g/mol. The van der Waals surface area contributed by atoms with E-state index in [0.29, 0.717) is 19.6 Å². The number of fused-ring (bicyclic) bond motifs is 2. The van der Waals surface area contributed by atoms with Crippen LogP contribution in [0, 0.1) is 10.8 Å². The Kier molecular flexibility index (Phi) is 6.55. The highest BCUT2D eigenvalue weighted by molar-refractivity contribution is 6.70. The van der Waals surface area contributed by atoms with Crippen LogP contribution >= 0.6 is 0 Å².